The van der Waals surface area contributed by atoms with Crippen molar-refractivity contribution in [2.45, 2.75) is 31.6 Å². The van der Waals surface area contributed by atoms with Crippen molar-refractivity contribution in [2.75, 3.05) is 23.3 Å². The number of nitrogens with one attached hydrogen (secondary N) is 2. The van der Waals surface area contributed by atoms with E-state index in [4.69, 9.17) is 0 Å². The van der Waals surface area contributed by atoms with Crippen LogP contribution in [-0.2, 0) is 4.79 Å². The highest BCUT2D eigenvalue weighted by atomic mass is 127. The van der Waals surface area contributed by atoms with Gasteiger partial charge in [0.2, 0.25) is 11.9 Å². The smallest absolute Gasteiger partial charge is 0.258 e. The zero-order valence-electron chi connectivity index (χ0n) is 13.7. The first-order valence-corrected chi connectivity index (χ1v) is 9.64. The summed E-state index contributed by atoms with van der Waals surface area (Å²) in [5.41, 5.74) is 1.37. The molecule has 0 saturated carbocycles. The fourth-order valence-electron chi connectivity index (χ4n) is 3.59. The van der Waals surface area contributed by atoms with E-state index >= 15 is 0 Å². The fourth-order valence-corrected chi connectivity index (χ4v) is 3.95. The van der Waals surface area contributed by atoms with Gasteiger partial charge >= 0.3 is 0 Å². The molecule has 25 heavy (non-hydrogen) atoms. The Hall–Kier alpha value is -1.90. The summed E-state index contributed by atoms with van der Waals surface area (Å²) in [6, 6.07) is 7.94. The highest BCUT2D eigenvalue weighted by Crippen LogP contribution is 2.34. The highest BCUT2D eigenvalue weighted by molar-refractivity contribution is 14.1. The maximum atomic E-state index is 12.8. The van der Waals surface area contributed by atoms with Crippen molar-refractivity contribution in [3.05, 3.63) is 49.3 Å². The topological polar surface area (TPSA) is 78.1 Å². The number of aromatic amines is 1. The molecule has 1 atom stereocenters. The summed E-state index contributed by atoms with van der Waals surface area (Å²) in [5.74, 6) is 0.613. The third-order valence-corrected chi connectivity index (χ3v) is 5.59. The first-order valence-electron chi connectivity index (χ1n) is 8.56. The van der Waals surface area contributed by atoms with Crippen LogP contribution < -0.4 is 15.8 Å². The predicted octanol–water partition coefficient (Wildman–Crippen LogP) is 2.84. The average molecular weight is 450 g/mol. The Morgan fingerprint density at radius 1 is 1.08 bits per heavy atom. The van der Waals surface area contributed by atoms with Gasteiger partial charge in [-0.25, -0.2) is 0 Å². The van der Waals surface area contributed by atoms with Crippen LogP contribution in [0.3, 0.4) is 0 Å². The van der Waals surface area contributed by atoms with Crippen molar-refractivity contribution in [3.63, 3.8) is 0 Å². The van der Waals surface area contributed by atoms with E-state index in [1.54, 1.807) is 0 Å². The second-order valence-corrected chi connectivity index (χ2v) is 7.80. The number of hydrogen-bond acceptors (Lipinski definition) is 4. The maximum absolute atomic E-state index is 12.8. The van der Waals surface area contributed by atoms with Crippen LogP contribution in [0.15, 0.2) is 29.1 Å². The Balaban J connectivity index is 1.77. The Labute approximate surface area is 159 Å². The van der Waals surface area contributed by atoms with E-state index in [2.05, 4.69) is 42.8 Å². The standard InChI is InChI=1S/C18H19IN4O2/c19-12-6-4-11(5-7-12)13-10-14(24)20-16-15(13)17(25)22-18(21-16)23-8-2-1-3-9-23/h4-7,13H,1-3,8-10H2,(H2,20,21,22,24,25)/t13-/m1/s1. The van der Waals surface area contributed by atoms with Gasteiger partial charge in [0.15, 0.2) is 0 Å². The van der Waals surface area contributed by atoms with Crippen molar-refractivity contribution >= 4 is 40.3 Å². The van der Waals surface area contributed by atoms with Gasteiger partial charge in [0.05, 0.1) is 5.56 Å². The normalized spacial score (nSPS) is 20.1. The van der Waals surface area contributed by atoms with E-state index in [-0.39, 0.29) is 23.8 Å². The SMILES string of the molecule is O=C1C[C@H](c2ccc(I)cc2)c2c(nc(N3CCCCC3)[nH]c2=O)N1. The number of carbonyl (C=O) groups excluding carboxylic acids is 1. The number of nitrogens with zero attached hydrogens (tertiary/aromatic N) is 2. The first-order chi connectivity index (χ1) is 12.1. The number of fused-ring (bicyclic) bond motifs is 1. The van der Waals surface area contributed by atoms with Gasteiger partial charge in [-0.15, -0.1) is 0 Å². The molecule has 6 nitrogen and oxygen atoms in total. The first kappa shape index (κ1) is 16.6. The molecule has 0 spiro atoms. The van der Waals surface area contributed by atoms with Crippen molar-refractivity contribution in [3.8, 4) is 0 Å². The largest absolute Gasteiger partial charge is 0.342 e. The number of anilines is 2. The summed E-state index contributed by atoms with van der Waals surface area (Å²) < 4.78 is 1.12. The third kappa shape index (κ3) is 3.29. The zero-order valence-corrected chi connectivity index (χ0v) is 15.9. The molecule has 1 aromatic heterocycles. The predicted molar refractivity (Wildman–Crippen MR) is 105 cm³/mol. The van der Waals surface area contributed by atoms with E-state index in [0.717, 1.165) is 35.1 Å². The van der Waals surface area contributed by atoms with Crippen molar-refractivity contribution in [1.82, 2.24) is 9.97 Å². The molecular formula is C18H19IN4O2. The molecule has 1 amide bonds. The summed E-state index contributed by atoms with van der Waals surface area (Å²) in [4.78, 5) is 34.6. The number of amides is 1. The number of benzene rings is 1. The van der Waals surface area contributed by atoms with Gasteiger partial charge in [-0.2, -0.15) is 4.98 Å². The van der Waals surface area contributed by atoms with E-state index in [9.17, 15) is 9.59 Å². The molecule has 0 radical (unpaired) electrons. The van der Waals surface area contributed by atoms with E-state index < -0.39 is 0 Å². The van der Waals surface area contributed by atoms with Crippen molar-refractivity contribution in [1.29, 1.82) is 0 Å². The Morgan fingerprint density at radius 2 is 1.80 bits per heavy atom. The minimum absolute atomic E-state index is 0.0984. The van der Waals surface area contributed by atoms with Gasteiger partial charge in [0.1, 0.15) is 5.82 Å². The lowest BCUT2D eigenvalue weighted by molar-refractivity contribution is -0.116. The highest BCUT2D eigenvalue weighted by Gasteiger charge is 2.31. The Kier molecular flexibility index (Phi) is 4.49. The van der Waals surface area contributed by atoms with Crippen LogP contribution in [0.2, 0.25) is 0 Å². The van der Waals surface area contributed by atoms with Crippen LogP contribution in [-0.4, -0.2) is 29.0 Å². The fraction of sp³-hybridized carbons (Fsp3) is 0.389. The molecule has 7 heteroatoms. The maximum Gasteiger partial charge on any atom is 0.258 e. The summed E-state index contributed by atoms with van der Waals surface area (Å²) in [7, 11) is 0. The van der Waals surface area contributed by atoms with Crippen molar-refractivity contribution < 1.29 is 4.79 Å². The minimum Gasteiger partial charge on any atom is -0.342 e. The molecule has 2 aliphatic rings. The molecule has 1 aromatic carbocycles. The zero-order chi connectivity index (χ0) is 17.4. The number of carbonyl (C=O) groups is 1. The minimum atomic E-state index is -0.257. The van der Waals surface area contributed by atoms with Crippen LogP contribution in [0.1, 0.15) is 42.7 Å². The van der Waals surface area contributed by atoms with Gasteiger partial charge in [-0.1, -0.05) is 12.1 Å². The van der Waals surface area contributed by atoms with Crippen LogP contribution in [0.4, 0.5) is 11.8 Å². The lowest BCUT2D eigenvalue weighted by atomic mass is 9.87. The van der Waals surface area contributed by atoms with Crippen molar-refractivity contribution in [2.24, 2.45) is 0 Å². The quantitative estimate of drug-likeness (QED) is 0.690. The number of halogens is 1. The number of hydrogen-bond donors (Lipinski definition) is 2. The van der Waals surface area contributed by atoms with Crippen LogP contribution in [0.5, 0.6) is 0 Å². The third-order valence-electron chi connectivity index (χ3n) is 4.87. The van der Waals surface area contributed by atoms with Crippen LogP contribution >= 0.6 is 22.6 Å². The second kappa shape index (κ2) is 6.78. The number of rotatable bonds is 2. The van der Waals surface area contributed by atoms with E-state index in [1.807, 2.05) is 24.3 Å². The molecule has 1 fully saturated rings. The van der Waals surface area contributed by atoms with Gasteiger partial charge < -0.3 is 10.2 Å². The molecule has 4 rings (SSSR count). The molecule has 0 unspecified atom stereocenters. The summed E-state index contributed by atoms with van der Waals surface area (Å²) in [5, 5.41) is 2.79. The van der Waals surface area contributed by atoms with Crippen LogP contribution in [0.25, 0.3) is 0 Å². The number of piperidine rings is 1. The summed E-state index contributed by atoms with van der Waals surface area (Å²) in [6.07, 6.45) is 3.66. The monoisotopic (exact) mass is 450 g/mol. The van der Waals surface area contributed by atoms with Gasteiger partial charge in [0.25, 0.3) is 5.56 Å². The van der Waals surface area contributed by atoms with E-state index in [1.165, 1.54) is 6.42 Å². The number of aromatic nitrogens is 2. The van der Waals surface area contributed by atoms with Crippen LogP contribution in [0, 0.1) is 3.57 Å². The summed E-state index contributed by atoms with van der Waals surface area (Å²) in [6.45, 7) is 1.77. The molecule has 1 saturated heterocycles. The number of H-pyrrole nitrogens is 1. The molecule has 2 aromatic rings. The molecule has 2 N–H and O–H groups in total. The average Bonchev–Trinajstić information content (AvgIpc) is 2.62. The molecule has 130 valence electrons. The van der Waals surface area contributed by atoms with Gasteiger partial charge in [-0.05, 0) is 59.5 Å². The molecule has 0 aliphatic carbocycles. The molecule has 3 heterocycles. The lowest BCUT2D eigenvalue weighted by Gasteiger charge is -2.29. The second-order valence-electron chi connectivity index (χ2n) is 6.56. The Morgan fingerprint density at radius 3 is 2.52 bits per heavy atom. The summed E-state index contributed by atoms with van der Waals surface area (Å²) >= 11 is 2.24. The molecular weight excluding hydrogens is 431 g/mol. The Bertz CT molecular complexity index is 856. The molecule has 2 aliphatic heterocycles. The van der Waals surface area contributed by atoms with E-state index in [0.29, 0.717) is 17.3 Å². The lowest BCUT2D eigenvalue weighted by Crippen LogP contribution is -2.36. The van der Waals surface area contributed by atoms with Gasteiger partial charge in [-0.3, -0.25) is 14.6 Å². The van der Waals surface area contributed by atoms with Gasteiger partial charge in [0, 0.05) is 29.0 Å². The molecule has 0 bridgehead atoms.